The van der Waals surface area contributed by atoms with Crippen molar-refractivity contribution in [3.05, 3.63) is 12.2 Å². The van der Waals surface area contributed by atoms with Gasteiger partial charge in [0.05, 0.1) is 14.2 Å². The third-order valence-corrected chi connectivity index (χ3v) is 2.24. The summed E-state index contributed by atoms with van der Waals surface area (Å²) in [6.07, 6.45) is 3.16. The van der Waals surface area contributed by atoms with Crippen LogP contribution in [0.2, 0.25) is 0 Å². The van der Waals surface area contributed by atoms with Crippen LogP contribution in [0.1, 0.15) is 26.7 Å². The standard InChI is InChI=1S/C13H21NO5/c1-9(2)8-11(15)14-10(13(17)19-4)6-5-7-12(16)18-3/h5,7,9-10H,6,8H2,1-4H3,(H,14,15)/b7-5+/t10-/m1/s1. The van der Waals surface area contributed by atoms with Crippen molar-refractivity contribution in [2.45, 2.75) is 32.7 Å². The highest BCUT2D eigenvalue weighted by atomic mass is 16.5. The Morgan fingerprint density at radius 2 is 1.79 bits per heavy atom. The Hall–Kier alpha value is -1.85. The average Bonchev–Trinajstić information content (AvgIpc) is 2.35. The first-order chi connectivity index (χ1) is 8.90. The Morgan fingerprint density at radius 1 is 1.16 bits per heavy atom. The number of hydrogen-bond donors (Lipinski definition) is 1. The maximum Gasteiger partial charge on any atom is 0.330 e. The van der Waals surface area contributed by atoms with E-state index in [0.29, 0.717) is 6.42 Å². The highest BCUT2D eigenvalue weighted by Crippen LogP contribution is 2.02. The van der Waals surface area contributed by atoms with Crippen molar-refractivity contribution in [2.24, 2.45) is 5.92 Å². The predicted octanol–water partition coefficient (Wildman–Crippen LogP) is 0.810. The quantitative estimate of drug-likeness (QED) is 0.547. The highest BCUT2D eigenvalue weighted by molar-refractivity contribution is 5.85. The van der Waals surface area contributed by atoms with Crippen LogP contribution in [-0.4, -0.2) is 38.1 Å². The van der Waals surface area contributed by atoms with Gasteiger partial charge in [-0.05, 0) is 12.3 Å². The first kappa shape index (κ1) is 17.2. The SMILES string of the molecule is COC(=O)/C=C/C[C@@H](NC(=O)CC(C)C)C(=O)OC. The number of amides is 1. The van der Waals surface area contributed by atoms with Crippen molar-refractivity contribution >= 4 is 17.8 Å². The van der Waals surface area contributed by atoms with Gasteiger partial charge in [-0.1, -0.05) is 19.9 Å². The number of rotatable bonds is 7. The number of esters is 2. The molecule has 6 heteroatoms. The van der Waals surface area contributed by atoms with Gasteiger partial charge >= 0.3 is 11.9 Å². The van der Waals surface area contributed by atoms with Crippen molar-refractivity contribution in [1.82, 2.24) is 5.32 Å². The zero-order valence-electron chi connectivity index (χ0n) is 11.8. The molecule has 0 rings (SSSR count). The van der Waals surface area contributed by atoms with Crippen LogP contribution in [-0.2, 0) is 23.9 Å². The zero-order valence-corrected chi connectivity index (χ0v) is 11.8. The lowest BCUT2D eigenvalue weighted by Gasteiger charge is -2.15. The molecule has 0 bridgehead atoms. The Kier molecular flexibility index (Phi) is 8.24. The van der Waals surface area contributed by atoms with Gasteiger partial charge in [0.2, 0.25) is 5.91 Å². The van der Waals surface area contributed by atoms with Gasteiger partial charge in [-0.2, -0.15) is 0 Å². The van der Waals surface area contributed by atoms with E-state index >= 15 is 0 Å². The fourth-order valence-corrected chi connectivity index (χ4v) is 1.35. The number of nitrogens with one attached hydrogen (secondary N) is 1. The number of methoxy groups -OCH3 is 2. The van der Waals surface area contributed by atoms with E-state index in [2.05, 4.69) is 14.8 Å². The molecule has 0 heterocycles. The smallest absolute Gasteiger partial charge is 0.330 e. The minimum absolute atomic E-state index is 0.172. The van der Waals surface area contributed by atoms with E-state index in [9.17, 15) is 14.4 Å². The molecular formula is C13H21NO5. The van der Waals surface area contributed by atoms with Crippen LogP contribution in [0.3, 0.4) is 0 Å². The Bertz CT molecular complexity index is 349. The van der Waals surface area contributed by atoms with Gasteiger partial charge in [0.25, 0.3) is 0 Å². The fourth-order valence-electron chi connectivity index (χ4n) is 1.35. The van der Waals surface area contributed by atoms with Gasteiger partial charge in [-0.3, -0.25) is 4.79 Å². The second-order valence-electron chi connectivity index (χ2n) is 4.40. The minimum atomic E-state index is -0.794. The molecule has 0 radical (unpaired) electrons. The molecule has 0 spiro atoms. The summed E-state index contributed by atoms with van der Waals surface area (Å²) in [6.45, 7) is 3.81. The topological polar surface area (TPSA) is 81.7 Å². The molecular weight excluding hydrogens is 250 g/mol. The van der Waals surface area contributed by atoms with Gasteiger partial charge in [0, 0.05) is 12.5 Å². The lowest BCUT2D eigenvalue weighted by atomic mass is 10.1. The van der Waals surface area contributed by atoms with Gasteiger partial charge in [0.15, 0.2) is 0 Å². The van der Waals surface area contributed by atoms with Crippen molar-refractivity contribution < 1.29 is 23.9 Å². The fraction of sp³-hybridized carbons (Fsp3) is 0.615. The maximum atomic E-state index is 11.6. The van der Waals surface area contributed by atoms with Crippen molar-refractivity contribution in [2.75, 3.05) is 14.2 Å². The third kappa shape index (κ3) is 7.96. The van der Waals surface area contributed by atoms with E-state index in [1.807, 2.05) is 13.8 Å². The van der Waals surface area contributed by atoms with Gasteiger partial charge in [-0.25, -0.2) is 9.59 Å². The van der Waals surface area contributed by atoms with E-state index in [1.54, 1.807) is 0 Å². The van der Waals surface area contributed by atoms with Crippen molar-refractivity contribution in [3.8, 4) is 0 Å². The molecule has 0 aliphatic rings. The number of carbonyl (C=O) groups excluding carboxylic acids is 3. The summed E-state index contributed by atoms with van der Waals surface area (Å²) in [5.41, 5.74) is 0. The molecule has 0 aliphatic heterocycles. The summed E-state index contributed by atoms with van der Waals surface area (Å²) in [4.78, 5) is 34.0. The second-order valence-corrected chi connectivity index (χ2v) is 4.40. The van der Waals surface area contributed by atoms with Crippen LogP contribution in [0.15, 0.2) is 12.2 Å². The summed E-state index contributed by atoms with van der Waals surface area (Å²) >= 11 is 0. The molecule has 0 saturated heterocycles. The number of carbonyl (C=O) groups is 3. The molecule has 0 aromatic carbocycles. The first-order valence-electron chi connectivity index (χ1n) is 6.02. The largest absolute Gasteiger partial charge is 0.467 e. The molecule has 0 fully saturated rings. The van der Waals surface area contributed by atoms with Crippen molar-refractivity contribution in [1.29, 1.82) is 0 Å². The molecule has 1 N–H and O–H groups in total. The Balaban J connectivity index is 4.47. The molecule has 0 saturated carbocycles. The van der Waals surface area contributed by atoms with E-state index in [0.717, 1.165) is 0 Å². The van der Waals surface area contributed by atoms with Crippen LogP contribution >= 0.6 is 0 Å². The predicted molar refractivity (Wildman–Crippen MR) is 69.2 cm³/mol. The monoisotopic (exact) mass is 271 g/mol. The minimum Gasteiger partial charge on any atom is -0.467 e. The molecule has 0 aliphatic carbocycles. The molecule has 0 aromatic rings. The molecule has 0 aromatic heterocycles. The molecule has 0 unspecified atom stereocenters. The number of ether oxygens (including phenoxy) is 2. The second kappa shape index (κ2) is 9.13. The van der Waals surface area contributed by atoms with E-state index in [1.165, 1.54) is 26.4 Å². The molecule has 1 amide bonds. The summed E-state index contributed by atoms with van der Waals surface area (Å²) in [5.74, 6) is -1.09. The first-order valence-corrected chi connectivity index (χ1v) is 6.02. The van der Waals surface area contributed by atoms with E-state index in [-0.39, 0.29) is 18.2 Å². The summed E-state index contributed by atoms with van der Waals surface area (Å²) in [6, 6.07) is -0.794. The molecule has 108 valence electrons. The summed E-state index contributed by atoms with van der Waals surface area (Å²) < 4.78 is 9.02. The molecule has 19 heavy (non-hydrogen) atoms. The van der Waals surface area contributed by atoms with Gasteiger partial charge in [0.1, 0.15) is 6.04 Å². The van der Waals surface area contributed by atoms with Crippen LogP contribution in [0.5, 0.6) is 0 Å². The van der Waals surface area contributed by atoms with E-state index in [4.69, 9.17) is 0 Å². The molecule has 6 nitrogen and oxygen atoms in total. The van der Waals surface area contributed by atoms with Gasteiger partial charge < -0.3 is 14.8 Å². The third-order valence-electron chi connectivity index (χ3n) is 2.24. The van der Waals surface area contributed by atoms with E-state index < -0.39 is 18.0 Å². The lowest BCUT2D eigenvalue weighted by molar-refractivity contribution is -0.145. The van der Waals surface area contributed by atoms with Crippen LogP contribution in [0, 0.1) is 5.92 Å². The van der Waals surface area contributed by atoms with Crippen LogP contribution < -0.4 is 5.32 Å². The lowest BCUT2D eigenvalue weighted by Crippen LogP contribution is -2.41. The van der Waals surface area contributed by atoms with Gasteiger partial charge in [-0.15, -0.1) is 0 Å². The molecule has 1 atom stereocenters. The van der Waals surface area contributed by atoms with Crippen LogP contribution in [0.4, 0.5) is 0 Å². The summed E-state index contributed by atoms with van der Waals surface area (Å²) in [7, 11) is 2.50. The highest BCUT2D eigenvalue weighted by Gasteiger charge is 2.20. The maximum absolute atomic E-state index is 11.6. The van der Waals surface area contributed by atoms with Crippen LogP contribution in [0.25, 0.3) is 0 Å². The van der Waals surface area contributed by atoms with Crippen molar-refractivity contribution in [3.63, 3.8) is 0 Å². The Morgan fingerprint density at radius 3 is 2.26 bits per heavy atom. The normalized spacial score (nSPS) is 12.3. The number of hydrogen-bond acceptors (Lipinski definition) is 5. The average molecular weight is 271 g/mol. The summed E-state index contributed by atoms with van der Waals surface area (Å²) in [5, 5.41) is 2.57. The Labute approximate surface area is 113 Å². The zero-order chi connectivity index (χ0) is 14.8.